The SMILES string of the molecule is CCCC(NC(=O)C1(C(N)=S)CCCC1)c1cccs1. The van der Waals surface area contributed by atoms with E-state index in [1.165, 1.54) is 4.88 Å². The fraction of sp³-hybridized carbons (Fsp3) is 0.600. The van der Waals surface area contributed by atoms with E-state index >= 15 is 0 Å². The zero-order chi connectivity index (χ0) is 14.6. The van der Waals surface area contributed by atoms with Crippen LogP contribution in [0.2, 0.25) is 0 Å². The molecule has 0 radical (unpaired) electrons. The lowest BCUT2D eigenvalue weighted by Crippen LogP contribution is -2.48. The third kappa shape index (κ3) is 3.04. The molecule has 1 heterocycles. The lowest BCUT2D eigenvalue weighted by molar-refractivity contribution is -0.128. The average Bonchev–Trinajstić information content (AvgIpc) is 3.10. The average molecular weight is 310 g/mol. The van der Waals surface area contributed by atoms with Gasteiger partial charge >= 0.3 is 0 Å². The van der Waals surface area contributed by atoms with Gasteiger partial charge in [0, 0.05) is 4.88 Å². The number of nitrogens with two attached hydrogens (primary N) is 1. The summed E-state index contributed by atoms with van der Waals surface area (Å²) >= 11 is 6.86. The van der Waals surface area contributed by atoms with E-state index in [2.05, 4.69) is 18.3 Å². The standard InChI is InChI=1S/C15H22N2OS2/c1-2-6-11(12-7-5-10-20-12)17-14(18)15(13(16)19)8-3-4-9-15/h5,7,10-11H,2-4,6,8-9H2,1H3,(H2,16,19)(H,17,18). The van der Waals surface area contributed by atoms with Gasteiger partial charge in [0.1, 0.15) is 0 Å². The van der Waals surface area contributed by atoms with Crippen molar-refractivity contribution in [3.05, 3.63) is 22.4 Å². The number of hydrogen-bond donors (Lipinski definition) is 2. The van der Waals surface area contributed by atoms with Crippen molar-refractivity contribution in [1.82, 2.24) is 5.32 Å². The van der Waals surface area contributed by atoms with Gasteiger partial charge in [-0.2, -0.15) is 0 Å². The first kappa shape index (κ1) is 15.4. The Morgan fingerprint density at radius 1 is 1.55 bits per heavy atom. The molecule has 5 heteroatoms. The van der Waals surface area contributed by atoms with E-state index in [4.69, 9.17) is 18.0 Å². The third-order valence-electron chi connectivity index (χ3n) is 4.13. The highest BCUT2D eigenvalue weighted by atomic mass is 32.1. The number of amides is 1. The number of carbonyl (C=O) groups excluding carboxylic acids is 1. The molecule has 0 spiro atoms. The number of nitrogens with one attached hydrogen (secondary N) is 1. The molecule has 3 nitrogen and oxygen atoms in total. The maximum atomic E-state index is 12.7. The fourth-order valence-electron chi connectivity index (χ4n) is 2.92. The van der Waals surface area contributed by atoms with Crippen molar-refractivity contribution in [2.45, 2.75) is 51.5 Å². The van der Waals surface area contributed by atoms with E-state index in [0.29, 0.717) is 4.99 Å². The zero-order valence-electron chi connectivity index (χ0n) is 11.9. The second-order valence-electron chi connectivity index (χ2n) is 5.48. The minimum atomic E-state index is -0.613. The molecule has 20 heavy (non-hydrogen) atoms. The smallest absolute Gasteiger partial charge is 0.233 e. The highest BCUT2D eigenvalue weighted by Gasteiger charge is 2.44. The molecule has 3 N–H and O–H groups in total. The Bertz CT molecular complexity index is 464. The molecule has 1 aromatic heterocycles. The number of thiophene rings is 1. The van der Waals surface area contributed by atoms with Crippen LogP contribution in [0.3, 0.4) is 0 Å². The highest BCUT2D eigenvalue weighted by Crippen LogP contribution is 2.39. The van der Waals surface area contributed by atoms with Gasteiger partial charge in [0.25, 0.3) is 0 Å². The van der Waals surface area contributed by atoms with E-state index in [1.54, 1.807) is 11.3 Å². The van der Waals surface area contributed by atoms with Gasteiger partial charge in [-0.05, 0) is 30.7 Å². The number of thiocarbonyl (C=S) groups is 1. The topological polar surface area (TPSA) is 55.1 Å². The van der Waals surface area contributed by atoms with Crippen molar-refractivity contribution >= 4 is 34.5 Å². The van der Waals surface area contributed by atoms with E-state index in [1.807, 2.05) is 11.4 Å². The van der Waals surface area contributed by atoms with E-state index in [-0.39, 0.29) is 11.9 Å². The van der Waals surface area contributed by atoms with Crippen LogP contribution in [0.25, 0.3) is 0 Å². The van der Waals surface area contributed by atoms with Crippen LogP contribution in [0, 0.1) is 5.41 Å². The van der Waals surface area contributed by atoms with Crippen LogP contribution in [-0.2, 0) is 4.79 Å². The van der Waals surface area contributed by atoms with Gasteiger partial charge in [-0.1, -0.05) is 44.5 Å². The summed E-state index contributed by atoms with van der Waals surface area (Å²) in [6, 6.07) is 4.18. The Labute approximate surface area is 129 Å². The molecule has 0 aliphatic heterocycles. The first-order chi connectivity index (χ1) is 9.60. The van der Waals surface area contributed by atoms with E-state index < -0.39 is 5.41 Å². The van der Waals surface area contributed by atoms with Gasteiger partial charge in [0.15, 0.2) is 0 Å². The van der Waals surface area contributed by atoms with E-state index in [9.17, 15) is 4.79 Å². The van der Waals surface area contributed by atoms with Crippen molar-refractivity contribution in [3.8, 4) is 0 Å². The van der Waals surface area contributed by atoms with Crippen LogP contribution in [0.1, 0.15) is 56.4 Å². The second kappa shape index (κ2) is 6.68. The van der Waals surface area contributed by atoms with Crippen molar-refractivity contribution in [2.75, 3.05) is 0 Å². The molecule has 0 saturated heterocycles. The Hall–Kier alpha value is -0.940. The predicted octanol–water partition coefficient (Wildman–Crippen LogP) is 3.55. The van der Waals surface area contributed by atoms with Crippen molar-refractivity contribution in [1.29, 1.82) is 0 Å². The number of hydrogen-bond acceptors (Lipinski definition) is 3. The molecule has 1 amide bonds. The summed E-state index contributed by atoms with van der Waals surface area (Å²) in [4.78, 5) is 14.3. The van der Waals surface area contributed by atoms with Crippen molar-refractivity contribution < 1.29 is 4.79 Å². The maximum Gasteiger partial charge on any atom is 0.233 e. The molecule has 1 aliphatic rings. The molecule has 1 unspecified atom stereocenters. The zero-order valence-corrected chi connectivity index (χ0v) is 13.5. The van der Waals surface area contributed by atoms with Gasteiger partial charge in [-0.15, -0.1) is 11.3 Å². The molecule has 110 valence electrons. The molecular weight excluding hydrogens is 288 g/mol. The molecule has 1 atom stereocenters. The van der Waals surface area contributed by atoms with Crippen molar-refractivity contribution in [2.24, 2.45) is 11.1 Å². The monoisotopic (exact) mass is 310 g/mol. The minimum Gasteiger partial charge on any atom is -0.392 e. The largest absolute Gasteiger partial charge is 0.392 e. The summed E-state index contributed by atoms with van der Waals surface area (Å²) in [5.74, 6) is 0.0225. The van der Waals surface area contributed by atoms with Crippen LogP contribution in [0.5, 0.6) is 0 Å². The van der Waals surface area contributed by atoms with Crippen molar-refractivity contribution in [3.63, 3.8) is 0 Å². The molecule has 0 aromatic carbocycles. The summed E-state index contributed by atoms with van der Waals surface area (Å²) in [5.41, 5.74) is 5.26. The first-order valence-corrected chi connectivity index (χ1v) is 8.53. The Balaban J connectivity index is 2.13. The van der Waals surface area contributed by atoms with Crippen LogP contribution in [0.15, 0.2) is 17.5 Å². The minimum absolute atomic E-state index is 0.0225. The Morgan fingerprint density at radius 3 is 2.75 bits per heavy atom. The molecule has 1 aromatic rings. The van der Waals surface area contributed by atoms with Gasteiger partial charge in [-0.25, -0.2) is 0 Å². The van der Waals surface area contributed by atoms with Crippen LogP contribution < -0.4 is 11.1 Å². The number of rotatable bonds is 6. The summed E-state index contributed by atoms with van der Waals surface area (Å²) in [6.45, 7) is 2.13. The molecule has 1 fully saturated rings. The summed E-state index contributed by atoms with van der Waals surface area (Å²) < 4.78 is 0. The molecule has 1 aliphatic carbocycles. The third-order valence-corrected chi connectivity index (χ3v) is 5.51. The summed E-state index contributed by atoms with van der Waals surface area (Å²) in [7, 11) is 0. The second-order valence-corrected chi connectivity index (χ2v) is 6.90. The Morgan fingerprint density at radius 2 is 2.25 bits per heavy atom. The fourth-order valence-corrected chi connectivity index (χ4v) is 4.03. The van der Waals surface area contributed by atoms with Gasteiger partial charge in [0.2, 0.25) is 5.91 Å². The molecule has 0 bridgehead atoms. The quantitative estimate of drug-likeness (QED) is 0.790. The maximum absolute atomic E-state index is 12.7. The first-order valence-electron chi connectivity index (χ1n) is 7.24. The lowest BCUT2D eigenvalue weighted by atomic mass is 9.84. The van der Waals surface area contributed by atoms with Crippen LogP contribution in [-0.4, -0.2) is 10.9 Å². The summed E-state index contributed by atoms with van der Waals surface area (Å²) in [6.07, 6.45) is 5.61. The van der Waals surface area contributed by atoms with Gasteiger partial charge in [0.05, 0.1) is 16.4 Å². The molecular formula is C15H22N2OS2. The Kier molecular flexibility index (Phi) is 5.16. The number of carbonyl (C=O) groups is 1. The highest BCUT2D eigenvalue weighted by molar-refractivity contribution is 7.80. The van der Waals surface area contributed by atoms with E-state index in [0.717, 1.165) is 38.5 Å². The van der Waals surface area contributed by atoms with Crippen LogP contribution in [0.4, 0.5) is 0 Å². The predicted molar refractivity (Wildman–Crippen MR) is 87.8 cm³/mol. The van der Waals surface area contributed by atoms with Crippen LogP contribution >= 0.6 is 23.6 Å². The normalized spacial score (nSPS) is 18.6. The molecule has 1 saturated carbocycles. The molecule has 2 rings (SSSR count). The van der Waals surface area contributed by atoms with Gasteiger partial charge in [-0.3, -0.25) is 4.79 Å². The van der Waals surface area contributed by atoms with Gasteiger partial charge < -0.3 is 11.1 Å². The lowest BCUT2D eigenvalue weighted by Gasteiger charge is -2.29. The summed E-state index contributed by atoms with van der Waals surface area (Å²) in [5, 5.41) is 5.23.